The number of esters is 1. The van der Waals surface area contributed by atoms with Crippen LogP contribution in [0.25, 0.3) is 6.08 Å². The summed E-state index contributed by atoms with van der Waals surface area (Å²) in [5.74, 6) is -1.09. The summed E-state index contributed by atoms with van der Waals surface area (Å²) in [6, 6.07) is 12.7. The number of benzene rings is 2. The Balaban J connectivity index is 1.93. The molecular weight excluding hydrogens is 325 g/mol. The van der Waals surface area contributed by atoms with Crippen molar-refractivity contribution in [2.45, 2.75) is 13.0 Å². The zero-order valence-electron chi connectivity index (χ0n) is 13.9. The van der Waals surface area contributed by atoms with Gasteiger partial charge in [-0.05, 0) is 42.8 Å². The molecular formula is C19H18FNO4. The molecule has 0 spiro atoms. The van der Waals surface area contributed by atoms with Crippen molar-refractivity contribution in [2.24, 2.45) is 0 Å². The van der Waals surface area contributed by atoms with E-state index in [0.29, 0.717) is 17.0 Å². The number of para-hydroxylation sites is 2. The first-order valence-corrected chi connectivity index (χ1v) is 7.57. The normalized spacial score (nSPS) is 11.8. The number of methoxy groups -OCH3 is 1. The molecule has 0 aliphatic rings. The molecule has 1 atom stereocenters. The summed E-state index contributed by atoms with van der Waals surface area (Å²) in [4.78, 5) is 23.9. The maximum atomic E-state index is 13.1. The molecule has 0 saturated carbocycles. The third kappa shape index (κ3) is 5.46. The number of carbonyl (C=O) groups excluding carboxylic acids is 2. The second-order valence-electron chi connectivity index (χ2n) is 5.16. The van der Waals surface area contributed by atoms with E-state index >= 15 is 0 Å². The lowest BCUT2D eigenvalue weighted by Gasteiger charge is -2.14. The van der Waals surface area contributed by atoms with Crippen LogP contribution in [0.4, 0.5) is 10.1 Å². The number of rotatable bonds is 6. The molecule has 1 amide bonds. The van der Waals surface area contributed by atoms with E-state index in [4.69, 9.17) is 9.47 Å². The Labute approximate surface area is 145 Å². The standard InChI is InChI=1S/C19H18FNO4/c1-13(19(23)21-16-8-3-4-9-17(16)24-2)25-18(22)11-10-14-6-5-7-15(20)12-14/h3-13H,1-2H3,(H,21,23)/b11-10+/t13-/m1/s1. The molecule has 2 aromatic rings. The first kappa shape index (κ1) is 18.2. The predicted molar refractivity (Wildman–Crippen MR) is 92.6 cm³/mol. The first-order valence-electron chi connectivity index (χ1n) is 7.57. The number of carbonyl (C=O) groups is 2. The summed E-state index contributed by atoms with van der Waals surface area (Å²) >= 11 is 0. The molecule has 2 rings (SSSR count). The molecule has 0 aromatic heterocycles. The number of halogens is 1. The van der Waals surface area contributed by atoms with Gasteiger partial charge in [-0.1, -0.05) is 24.3 Å². The summed E-state index contributed by atoms with van der Waals surface area (Å²) in [6.07, 6.45) is 1.55. The van der Waals surface area contributed by atoms with E-state index in [9.17, 15) is 14.0 Å². The lowest BCUT2D eigenvalue weighted by molar-refractivity contribution is -0.148. The van der Waals surface area contributed by atoms with Gasteiger partial charge in [0.15, 0.2) is 6.10 Å². The van der Waals surface area contributed by atoms with E-state index in [2.05, 4.69) is 5.32 Å². The first-order chi connectivity index (χ1) is 12.0. The van der Waals surface area contributed by atoms with Gasteiger partial charge in [-0.15, -0.1) is 0 Å². The number of hydrogen-bond acceptors (Lipinski definition) is 4. The second-order valence-corrected chi connectivity index (χ2v) is 5.16. The second kappa shape index (κ2) is 8.63. The van der Waals surface area contributed by atoms with Crippen molar-refractivity contribution < 1.29 is 23.5 Å². The molecule has 0 fully saturated rings. The number of anilines is 1. The highest BCUT2D eigenvalue weighted by molar-refractivity contribution is 5.97. The molecule has 130 valence electrons. The molecule has 2 aromatic carbocycles. The van der Waals surface area contributed by atoms with Crippen LogP contribution < -0.4 is 10.1 Å². The molecule has 25 heavy (non-hydrogen) atoms. The average molecular weight is 343 g/mol. The summed E-state index contributed by atoms with van der Waals surface area (Å²) in [5.41, 5.74) is 0.997. The summed E-state index contributed by atoms with van der Waals surface area (Å²) < 4.78 is 23.2. The minimum Gasteiger partial charge on any atom is -0.495 e. The van der Waals surface area contributed by atoms with Crippen LogP contribution in [0.5, 0.6) is 5.75 Å². The van der Waals surface area contributed by atoms with Gasteiger partial charge >= 0.3 is 5.97 Å². The SMILES string of the molecule is COc1ccccc1NC(=O)[C@@H](C)OC(=O)/C=C/c1cccc(F)c1. The molecule has 5 nitrogen and oxygen atoms in total. The van der Waals surface area contributed by atoms with Gasteiger partial charge < -0.3 is 14.8 Å². The van der Waals surface area contributed by atoms with Crippen LogP contribution in [0.1, 0.15) is 12.5 Å². The monoisotopic (exact) mass is 343 g/mol. The summed E-state index contributed by atoms with van der Waals surface area (Å²) in [5, 5.41) is 2.63. The van der Waals surface area contributed by atoms with E-state index in [-0.39, 0.29) is 0 Å². The van der Waals surface area contributed by atoms with E-state index < -0.39 is 23.8 Å². The quantitative estimate of drug-likeness (QED) is 0.645. The fraction of sp³-hybridized carbons (Fsp3) is 0.158. The Morgan fingerprint density at radius 1 is 1.16 bits per heavy atom. The minimum absolute atomic E-state index is 0.403. The molecule has 0 saturated heterocycles. The highest BCUT2D eigenvalue weighted by Gasteiger charge is 2.18. The highest BCUT2D eigenvalue weighted by atomic mass is 19.1. The number of amides is 1. The molecule has 6 heteroatoms. The van der Waals surface area contributed by atoms with Crippen LogP contribution in [0.15, 0.2) is 54.6 Å². The zero-order valence-corrected chi connectivity index (χ0v) is 13.9. The van der Waals surface area contributed by atoms with E-state index in [0.717, 1.165) is 6.08 Å². The molecule has 0 aliphatic heterocycles. The minimum atomic E-state index is -1.01. The van der Waals surface area contributed by atoms with Gasteiger partial charge in [0.25, 0.3) is 5.91 Å². The zero-order chi connectivity index (χ0) is 18.2. The van der Waals surface area contributed by atoms with Gasteiger partial charge in [0, 0.05) is 6.08 Å². The molecule has 0 unspecified atom stereocenters. The maximum absolute atomic E-state index is 13.1. The fourth-order valence-corrected chi connectivity index (χ4v) is 2.02. The smallest absolute Gasteiger partial charge is 0.331 e. The van der Waals surface area contributed by atoms with E-state index in [1.54, 1.807) is 30.3 Å². The van der Waals surface area contributed by atoms with Crippen molar-refractivity contribution in [3.63, 3.8) is 0 Å². The van der Waals surface area contributed by atoms with Gasteiger partial charge in [0.2, 0.25) is 0 Å². The highest BCUT2D eigenvalue weighted by Crippen LogP contribution is 2.23. The Bertz CT molecular complexity index is 788. The Hall–Kier alpha value is -3.15. The summed E-state index contributed by atoms with van der Waals surface area (Å²) in [6.45, 7) is 1.46. The fourth-order valence-electron chi connectivity index (χ4n) is 2.02. The lowest BCUT2D eigenvalue weighted by Crippen LogP contribution is -2.29. The van der Waals surface area contributed by atoms with Gasteiger partial charge in [-0.25, -0.2) is 9.18 Å². The van der Waals surface area contributed by atoms with Crippen molar-refractivity contribution in [1.29, 1.82) is 0 Å². The van der Waals surface area contributed by atoms with Crippen molar-refractivity contribution in [2.75, 3.05) is 12.4 Å². The van der Waals surface area contributed by atoms with Crippen molar-refractivity contribution in [3.8, 4) is 5.75 Å². The lowest BCUT2D eigenvalue weighted by atomic mass is 10.2. The summed E-state index contributed by atoms with van der Waals surface area (Å²) in [7, 11) is 1.49. The van der Waals surface area contributed by atoms with Gasteiger partial charge in [0.05, 0.1) is 12.8 Å². The predicted octanol–water partition coefficient (Wildman–Crippen LogP) is 3.42. The van der Waals surface area contributed by atoms with Crippen molar-refractivity contribution in [1.82, 2.24) is 0 Å². The maximum Gasteiger partial charge on any atom is 0.331 e. The number of ether oxygens (including phenoxy) is 2. The largest absolute Gasteiger partial charge is 0.495 e. The molecule has 0 aliphatic carbocycles. The van der Waals surface area contributed by atoms with Crippen LogP contribution in [-0.4, -0.2) is 25.1 Å². The van der Waals surface area contributed by atoms with Gasteiger partial charge in [0.1, 0.15) is 11.6 Å². The Morgan fingerprint density at radius 2 is 1.92 bits per heavy atom. The number of nitrogens with one attached hydrogen (secondary N) is 1. The van der Waals surface area contributed by atoms with Crippen LogP contribution in [0.2, 0.25) is 0 Å². The van der Waals surface area contributed by atoms with Crippen LogP contribution in [0.3, 0.4) is 0 Å². The third-order valence-electron chi connectivity index (χ3n) is 3.29. The van der Waals surface area contributed by atoms with Crippen molar-refractivity contribution in [3.05, 3.63) is 66.0 Å². The van der Waals surface area contributed by atoms with Crippen LogP contribution in [0, 0.1) is 5.82 Å². The average Bonchev–Trinajstić information content (AvgIpc) is 2.60. The Morgan fingerprint density at radius 3 is 2.64 bits per heavy atom. The van der Waals surface area contributed by atoms with Gasteiger partial charge in [-0.2, -0.15) is 0 Å². The molecule has 0 radical (unpaired) electrons. The van der Waals surface area contributed by atoms with Crippen molar-refractivity contribution >= 4 is 23.6 Å². The van der Waals surface area contributed by atoms with Crippen LogP contribution in [-0.2, 0) is 14.3 Å². The Kier molecular flexibility index (Phi) is 6.28. The number of hydrogen-bond donors (Lipinski definition) is 1. The molecule has 0 bridgehead atoms. The van der Waals surface area contributed by atoms with E-state index in [1.807, 2.05) is 0 Å². The third-order valence-corrected chi connectivity index (χ3v) is 3.29. The van der Waals surface area contributed by atoms with Gasteiger partial charge in [-0.3, -0.25) is 4.79 Å². The topological polar surface area (TPSA) is 64.6 Å². The van der Waals surface area contributed by atoms with E-state index in [1.165, 1.54) is 38.3 Å². The molecule has 1 N–H and O–H groups in total. The molecule has 0 heterocycles. The van der Waals surface area contributed by atoms with Crippen LogP contribution >= 0.6 is 0 Å².